The quantitative estimate of drug-likeness (QED) is 0.652. The van der Waals surface area contributed by atoms with Crippen LogP contribution >= 0.6 is 0 Å². The lowest BCUT2D eigenvalue weighted by atomic mass is 9.76. The predicted molar refractivity (Wildman–Crippen MR) is 113 cm³/mol. The van der Waals surface area contributed by atoms with Crippen LogP contribution in [0.25, 0.3) is 0 Å². The maximum Gasteiger partial charge on any atom is 0.408 e. The van der Waals surface area contributed by atoms with Crippen LogP contribution in [0.4, 0.5) is 13.2 Å². The lowest BCUT2D eigenvalue weighted by Crippen LogP contribution is -2.52. The molecule has 34 heavy (non-hydrogen) atoms. The Bertz CT molecular complexity index is 1060. The van der Waals surface area contributed by atoms with Gasteiger partial charge in [-0.25, -0.2) is 0 Å². The molecule has 1 aromatic rings. The van der Waals surface area contributed by atoms with Gasteiger partial charge in [-0.2, -0.15) is 13.2 Å². The number of benzene rings is 1. The van der Waals surface area contributed by atoms with Crippen LogP contribution in [0.2, 0.25) is 0 Å². The molecular formula is C24H26F3N3O4. The van der Waals surface area contributed by atoms with Gasteiger partial charge in [0.05, 0.1) is 0 Å². The molecular weight excluding hydrogens is 451 g/mol. The number of halogens is 3. The molecule has 4 aliphatic rings. The molecule has 1 saturated heterocycles. The topological polar surface area (TPSA) is 95.6 Å². The van der Waals surface area contributed by atoms with E-state index in [0.29, 0.717) is 24.0 Å². The monoisotopic (exact) mass is 477 g/mol. The Labute approximate surface area is 194 Å². The number of amides is 4. The molecule has 2 unspecified atom stereocenters. The summed E-state index contributed by atoms with van der Waals surface area (Å²) in [7, 11) is 0. The van der Waals surface area contributed by atoms with Gasteiger partial charge >= 0.3 is 6.18 Å². The lowest BCUT2D eigenvalue weighted by Gasteiger charge is -2.35. The van der Waals surface area contributed by atoms with E-state index in [-0.39, 0.29) is 30.4 Å². The lowest BCUT2D eigenvalue weighted by molar-refractivity contribution is -0.168. The van der Waals surface area contributed by atoms with Crippen LogP contribution in [0, 0.1) is 11.3 Å². The largest absolute Gasteiger partial charge is 0.408 e. The van der Waals surface area contributed by atoms with Crippen LogP contribution < -0.4 is 10.6 Å². The van der Waals surface area contributed by atoms with Crippen molar-refractivity contribution in [3.05, 3.63) is 34.9 Å². The van der Waals surface area contributed by atoms with Gasteiger partial charge < -0.3 is 10.2 Å². The van der Waals surface area contributed by atoms with Crippen LogP contribution in [0.3, 0.4) is 0 Å². The Hall–Kier alpha value is -2.91. The van der Waals surface area contributed by atoms with Gasteiger partial charge in [-0.05, 0) is 80.0 Å². The minimum atomic E-state index is -4.55. The molecule has 1 aromatic carbocycles. The molecule has 0 bridgehead atoms. The number of imide groups is 1. The zero-order chi connectivity index (χ0) is 24.3. The summed E-state index contributed by atoms with van der Waals surface area (Å²) in [6.45, 7) is 0.0506. The minimum absolute atomic E-state index is 0.0420. The average molecular weight is 477 g/mol. The highest BCUT2D eigenvalue weighted by atomic mass is 19.4. The maximum atomic E-state index is 13.9. The van der Waals surface area contributed by atoms with Gasteiger partial charge in [0.1, 0.15) is 12.1 Å². The molecule has 2 aliphatic heterocycles. The number of nitrogens with one attached hydrogen (secondary N) is 2. The van der Waals surface area contributed by atoms with Crippen LogP contribution in [0.1, 0.15) is 77.6 Å². The van der Waals surface area contributed by atoms with Gasteiger partial charge in [0.2, 0.25) is 11.8 Å². The number of hydrogen-bond donors (Lipinski definition) is 2. The number of nitrogens with zero attached hydrogens (tertiary/aromatic N) is 1. The fourth-order valence-electron chi connectivity index (χ4n) is 5.67. The summed E-state index contributed by atoms with van der Waals surface area (Å²) < 4.78 is 41.6. The van der Waals surface area contributed by atoms with Crippen molar-refractivity contribution in [2.45, 2.75) is 76.2 Å². The zero-order valence-corrected chi connectivity index (χ0v) is 18.5. The summed E-state index contributed by atoms with van der Waals surface area (Å²) in [4.78, 5) is 50.5. The van der Waals surface area contributed by atoms with Crippen LogP contribution in [-0.2, 0) is 16.1 Å². The molecule has 2 aliphatic carbocycles. The molecule has 2 N–H and O–H groups in total. The fourth-order valence-corrected chi connectivity index (χ4v) is 5.67. The van der Waals surface area contributed by atoms with E-state index in [1.807, 2.05) is 0 Å². The molecule has 0 radical (unpaired) electrons. The second-order valence-electron chi connectivity index (χ2n) is 10.1. The third-order valence-electron chi connectivity index (χ3n) is 7.94. The molecule has 2 heterocycles. The van der Waals surface area contributed by atoms with Crippen molar-refractivity contribution >= 4 is 23.6 Å². The highest BCUT2D eigenvalue weighted by Crippen LogP contribution is 2.58. The first-order valence-electron chi connectivity index (χ1n) is 11.7. The first-order valence-corrected chi connectivity index (χ1v) is 11.7. The Morgan fingerprint density at radius 2 is 1.79 bits per heavy atom. The van der Waals surface area contributed by atoms with Gasteiger partial charge in [0.15, 0.2) is 0 Å². The van der Waals surface area contributed by atoms with Crippen molar-refractivity contribution in [2.24, 2.45) is 11.3 Å². The fraction of sp³-hybridized carbons (Fsp3) is 0.583. The second kappa shape index (κ2) is 8.09. The minimum Gasteiger partial charge on any atom is -0.340 e. The number of carbonyl (C=O) groups excluding carboxylic acids is 4. The molecule has 5 rings (SSSR count). The molecule has 1 spiro atoms. The number of fused-ring (bicyclic) bond motifs is 1. The average Bonchev–Trinajstić information content (AvgIpc) is 3.46. The number of piperidine rings is 1. The first-order chi connectivity index (χ1) is 16.1. The van der Waals surface area contributed by atoms with E-state index >= 15 is 0 Å². The summed E-state index contributed by atoms with van der Waals surface area (Å²) in [6, 6.07) is 1.46. The van der Waals surface area contributed by atoms with E-state index in [9.17, 15) is 32.3 Å². The highest BCUT2D eigenvalue weighted by Gasteiger charge is 2.51. The van der Waals surface area contributed by atoms with Crippen molar-refractivity contribution in [3.8, 4) is 0 Å². The SMILES string of the molecule is O=C1CCC(N2Cc3cc(C(=O)NC(C4CCC5(CC4)CC5)C(F)(F)F)ccc3C2=O)C(=O)N1. The summed E-state index contributed by atoms with van der Waals surface area (Å²) in [5, 5.41) is 4.43. The Kier molecular flexibility index (Phi) is 5.44. The molecule has 4 amide bonds. The third-order valence-corrected chi connectivity index (χ3v) is 7.94. The van der Waals surface area contributed by atoms with E-state index in [0.717, 1.165) is 25.7 Å². The number of hydrogen-bond acceptors (Lipinski definition) is 4. The molecule has 182 valence electrons. The van der Waals surface area contributed by atoms with Gasteiger partial charge in [-0.3, -0.25) is 24.5 Å². The van der Waals surface area contributed by atoms with E-state index in [1.165, 1.54) is 23.1 Å². The third kappa shape index (κ3) is 4.18. The van der Waals surface area contributed by atoms with Gasteiger partial charge in [0.25, 0.3) is 11.8 Å². The van der Waals surface area contributed by atoms with Crippen molar-refractivity contribution in [1.82, 2.24) is 15.5 Å². The standard InChI is InChI=1S/C24H26F3N3O4/c25-24(26,27)19(13-5-7-23(8-6-13)9-10-23)29-20(32)14-1-2-16-15(11-14)12-30(22(16)34)17-3-4-18(31)28-21(17)33/h1-2,11,13,17,19H,3-10,12H2,(H,29,32)(H,28,31,33). The van der Waals surface area contributed by atoms with E-state index < -0.39 is 47.8 Å². The van der Waals surface area contributed by atoms with E-state index in [4.69, 9.17) is 0 Å². The summed E-state index contributed by atoms with van der Waals surface area (Å²) in [5.41, 5.74) is 1.06. The van der Waals surface area contributed by atoms with Gasteiger partial charge in [0, 0.05) is 24.1 Å². The molecule has 3 fully saturated rings. The number of carbonyl (C=O) groups is 4. The molecule has 7 nitrogen and oxygen atoms in total. The Balaban J connectivity index is 1.29. The highest BCUT2D eigenvalue weighted by molar-refractivity contribution is 6.06. The van der Waals surface area contributed by atoms with Crippen LogP contribution in [0.15, 0.2) is 18.2 Å². The summed E-state index contributed by atoms with van der Waals surface area (Å²) in [6.07, 6.45) is 0.393. The first kappa shape index (κ1) is 22.9. The molecule has 2 saturated carbocycles. The Morgan fingerprint density at radius 3 is 2.41 bits per heavy atom. The second-order valence-corrected chi connectivity index (χ2v) is 10.1. The van der Waals surface area contributed by atoms with Crippen LogP contribution in [-0.4, -0.2) is 46.8 Å². The summed E-state index contributed by atoms with van der Waals surface area (Å²) in [5.74, 6) is -2.82. The van der Waals surface area contributed by atoms with Crippen molar-refractivity contribution < 1.29 is 32.3 Å². The maximum absolute atomic E-state index is 13.9. The summed E-state index contributed by atoms with van der Waals surface area (Å²) >= 11 is 0. The number of rotatable bonds is 4. The smallest absolute Gasteiger partial charge is 0.340 e. The molecule has 10 heteroatoms. The van der Waals surface area contributed by atoms with Gasteiger partial charge in [-0.15, -0.1) is 0 Å². The predicted octanol–water partition coefficient (Wildman–Crippen LogP) is 3.08. The van der Waals surface area contributed by atoms with Crippen molar-refractivity contribution in [1.29, 1.82) is 0 Å². The Morgan fingerprint density at radius 1 is 1.09 bits per heavy atom. The van der Waals surface area contributed by atoms with Gasteiger partial charge in [-0.1, -0.05) is 0 Å². The normalized spacial score (nSPS) is 25.2. The zero-order valence-electron chi connectivity index (χ0n) is 18.5. The molecule has 2 atom stereocenters. The molecule has 0 aromatic heterocycles. The van der Waals surface area contributed by atoms with E-state index in [1.54, 1.807) is 0 Å². The number of alkyl halides is 3. The van der Waals surface area contributed by atoms with Crippen LogP contribution in [0.5, 0.6) is 0 Å². The van der Waals surface area contributed by atoms with Crippen molar-refractivity contribution in [3.63, 3.8) is 0 Å². The van der Waals surface area contributed by atoms with E-state index in [2.05, 4.69) is 10.6 Å². The van der Waals surface area contributed by atoms with Crippen molar-refractivity contribution in [2.75, 3.05) is 0 Å².